The van der Waals surface area contributed by atoms with E-state index in [2.05, 4.69) is 15.6 Å². The highest BCUT2D eigenvalue weighted by Gasteiger charge is 2.21. The lowest BCUT2D eigenvalue weighted by Crippen LogP contribution is -2.42. The van der Waals surface area contributed by atoms with Gasteiger partial charge in [0.05, 0.1) is 13.3 Å². The zero-order chi connectivity index (χ0) is 8.39. The third kappa shape index (κ3) is 0.957. The molecule has 0 bridgehead atoms. The van der Waals surface area contributed by atoms with Gasteiger partial charge in [-0.05, 0) is 0 Å². The second kappa shape index (κ2) is 2.70. The molecule has 2 heterocycles. The fourth-order valence-corrected chi connectivity index (χ4v) is 0.802. The SMILES string of the molecule is CON1C=NNN1c1ncco1. The molecule has 0 aromatic carbocycles. The predicted molar refractivity (Wildman–Crippen MR) is 39.5 cm³/mol. The van der Waals surface area contributed by atoms with E-state index in [1.165, 1.54) is 36.2 Å². The Kier molecular flexibility index (Phi) is 1.56. The summed E-state index contributed by atoms with van der Waals surface area (Å²) in [4.78, 5) is 8.79. The van der Waals surface area contributed by atoms with Crippen LogP contribution in [-0.4, -0.2) is 23.6 Å². The van der Waals surface area contributed by atoms with E-state index >= 15 is 0 Å². The first-order chi connectivity index (χ1) is 5.92. The molecule has 7 nitrogen and oxygen atoms in total. The molecule has 2 rings (SSSR count). The average molecular weight is 169 g/mol. The number of nitrogens with one attached hydrogen (secondary N) is 1. The molecule has 7 heteroatoms. The van der Waals surface area contributed by atoms with Crippen molar-refractivity contribution in [1.29, 1.82) is 0 Å². The van der Waals surface area contributed by atoms with Crippen LogP contribution in [0.3, 0.4) is 0 Å². The first-order valence-corrected chi connectivity index (χ1v) is 3.23. The maximum Gasteiger partial charge on any atom is 0.340 e. The van der Waals surface area contributed by atoms with E-state index in [0.29, 0.717) is 6.01 Å². The van der Waals surface area contributed by atoms with Crippen molar-refractivity contribution in [3.05, 3.63) is 12.5 Å². The normalized spacial score (nSPS) is 15.4. The van der Waals surface area contributed by atoms with Crippen molar-refractivity contribution in [2.45, 2.75) is 0 Å². The summed E-state index contributed by atoms with van der Waals surface area (Å²) in [5.74, 6) is 0. The number of hydrogen-bond acceptors (Lipinski definition) is 7. The molecular weight excluding hydrogens is 162 g/mol. The van der Waals surface area contributed by atoms with Gasteiger partial charge in [-0.3, -0.25) is 4.84 Å². The van der Waals surface area contributed by atoms with Crippen LogP contribution in [0.4, 0.5) is 6.01 Å². The molecule has 1 aromatic heterocycles. The highest BCUT2D eigenvalue weighted by atomic mass is 16.7. The Bertz CT molecular complexity index is 271. The first kappa shape index (κ1) is 6.92. The van der Waals surface area contributed by atoms with E-state index in [4.69, 9.17) is 9.25 Å². The van der Waals surface area contributed by atoms with Gasteiger partial charge in [0.25, 0.3) is 0 Å². The standard InChI is InChI=1S/C5H7N5O2/c1-11-9-4-7-8-10(9)5-6-2-3-12-5/h2-4,8H,1H3. The molecule has 1 N–H and O–H groups in total. The van der Waals surface area contributed by atoms with E-state index in [1.54, 1.807) is 0 Å². The Morgan fingerprint density at radius 2 is 2.58 bits per heavy atom. The number of oxazole rings is 1. The Hall–Kier alpha value is -1.76. The second-order valence-corrected chi connectivity index (χ2v) is 1.96. The van der Waals surface area contributed by atoms with Crippen molar-refractivity contribution in [2.24, 2.45) is 5.10 Å². The number of rotatable bonds is 2. The lowest BCUT2D eigenvalue weighted by molar-refractivity contribution is -0.0725. The molecule has 0 saturated carbocycles. The van der Waals surface area contributed by atoms with Crippen molar-refractivity contribution >= 4 is 12.4 Å². The van der Waals surface area contributed by atoms with E-state index in [-0.39, 0.29) is 0 Å². The second-order valence-electron chi connectivity index (χ2n) is 1.96. The van der Waals surface area contributed by atoms with Crippen LogP contribution in [0.15, 0.2) is 22.0 Å². The number of hydrazine groups is 2. The van der Waals surface area contributed by atoms with Crippen LogP contribution in [0.25, 0.3) is 0 Å². The molecule has 64 valence electrons. The van der Waals surface area contributed by atoms with E-state index in [9.17, 15) is 0 Å². The summed E-state index contributed by atoms with van der Waals surface area (Å²) in [6, 6.07) is 0.356. The molecule has 1 aliphatic heterocycles. The van der Waals surface area contributed by atoms with Crippen LogP contribution in [-0.2, 0) is 4.84 Å². The van der Waals surface area contributed by atoms with Gasteiger partial charge < -0.3 is 4.42 Å². The monoisotopic (exact) mass is 169 g/mol. The van der Waals surface area contributed by atoms with E-state index < -0.39 is 0 Å². The smallest absolute Gasteiger partial charge is 0.340 e. The summed E-state index contributed by atoms with van der Waals surface area (Å²) in [5, 5.41) is 6.47. The third-order valence-corrected chi connectivity index (χ3v) is 1.29. The van der Waals surface area contributed by atoms with E-state index in [0.717, 1.165) is 0 Å². The highest BCUT2D eigenvalue weighted by Crippen LogP contribution is 2.11. The number of aromatic nitrogens is 1. The van der Waals surface area contributed by atoms with Crippen molar-refractivity contribution in [2.75, 3.05) is 12.2 Å². The summed E-state index contributed by atoms with van der Waals surface area (Å²) >= 11 is 0. The average Bonchev–Trinajstić information content (AvgIpc) is 2.74. The van der Waals surface area contributed by atoms with Gasteiger partial charge in [0.2, 0.25) is 0 Å². The van der Waals surface area contributed by atoms with Gasteiger partial charge >= 0.3 is 6.01 Å². The molecule has 1 aromatic rings. The predicted octanol–water partition coefficient (Wildman–Crippen LogP) is -0.279. The quantitative estimate of drug-likeness (QED) is 0.656. The summed E-state index contributed by atoms with van der Waals surface area (Å²) in [7, 11) is 1.51. The lowest BCUT2D eigenvalue weighted by Gasteiger charge is -2.20. The van der Waals surface area contributed by atoms with Gasteiger partial charge in [-0.25, -0.2) is 0 Å². The maximum absolute atomic E-state index is 5.00. The number of anilines is 1. The molecule has 0 fully saturated rings. The fourth-order valence-electron chi connectivity index (χ4n) is 0.802. The topological polar surface area (TPSA) is 66.1 Å². The molecule has 0 spiro atoms. The van der Waals surface area contributed by atoms with Gasteiger partial charge in [0.1, 0.15) is 6.26 Å². The van der Waals surface area contributed by atoms with Crippen molar-refractivity contribution in [1.82, 2.24) is 15.7 Å². The van der Waals surface area contributed by atoms with Crippen molar-refractivity contribution in [3.63, 3.8) is 0 Å². The number of nitrogens with zero attached hydrogens (tertiary/aromatic N) is 4. The minimum atomic E-state index is 0.356. The van der Waals surface area contributed by atoms with Gasteiger partial charge in [-0.1, -0.05) is 5.12 Å². The first-order valence-electron chi connectivity index (χ1n) is 3.23. The Morgan fingerprint density at radius 1 is 1.67 bits per heavy atom. The molecule has 0 radical (unpaired) electrons. The fraction of sp³-hybridized carbons (Fsp3) is 0.200. The summed E-state index contributed by atoms with van der Waals surface area (Å²) in [6.45, 7) is 0. The van der Waals surface area contributed by atoms with Crippen LogP contribution < -0.4 is 10.7 Å². The molecule has 1 aliphatic rings. The van der Waals surface area contributed by atoms with Crippen molar-refractivity contribution < 1.29 is 9.25 Å². The Morgan fingerprint density at radius 3 is 3.25 bits per heavy atom. The summed E-state index contributed by atoms with van der Waals surface area (Å²) in [5.41, 5.74) is 2.61. The van der Waals surface area contributed by atoms with Gasteiger partial charge in [-0.15, -0.1) is 10.3 Å². The number of hydrazone groups is 1. The van der Waals surface area contributed by atoms with E-state index in [1.807, 2.05) is 0 Å². The zero-order valence-electron chi connectivity index (χ0n) is 6.34. The van der Waals surface area contributed by atoms with Crippen LogP contribution in [0, 0.1) is 0 Å². The van der Waals surface area contributed by atoms with Crippen LogP contribution in [0.2, 0.25) is 0 Å². The molecule has 0 unspecified atom stereocenters. The zero-order valence-corrected chi connectivity index (χ0v) is 6.34. The largest absolute Gasteiger partial charge is 0.430 e. The lowest BCUT2D eigenvalue weighted by atomic mass is 11.0. The van der Waals surface area contributed by atoms with Crippen LogP contribution >= 0.6 is 0 Å². The Labute approximate surface area is 68.1 Å². The maximum atomic E-state index is 5.00. The highest BCUT2D eigenvalue weighted by molar-refractivity contribution is 5.58. The molecule has 0 amide bonds. The molecule has 12 heavy (non-hydrogen) atoms. The van der Waals surface area contributed by atoms with Gasteiger partial charge in [-0.2, -0.15) is 10.5 Å². The third-order valence-electron chi connectivity index (χ3n) is 1.29. The van der Waals surface area contributed by atoms with Gasteiger partial charge in [0, 0.05) is 0 Å². The molecular formula is C5H7N5O2. The minimum Gasteiger partial charge on any atom is -0.430 e. The summed E-state index contributed by atoms with van der Waals surface area (Å²) in [6.07, 6.45) is 4.44. The van der Waals surface area contributed by atoms with Crippen molar-refractivity contribution in [3.8, 4) is 0 Å². The summed E-state index contributed by atoms with van der Waals surface area (Å²) < 4.78 is 5.00. The molecule has 0 saturated heterocycles. The minimum absolute atomic E-state index is 0.356. The molecule has 0 atom stereocenters. The molecule has 0 aliphatic carbocycles. The Balaban J connectivity index is 2.15. The van der Waals surface area contributed by atoms with Crippen LogP contribution in [0.1, 0.15) is 0 Å². The van der Waals surface area contributed by atoms with Crippen LogP contribution in [0.5, 0.6) is 0 Å². The van der Waals surface area contributed by atoms with Gasteiger partial charge in [0.15, 0.2) is 6.34 Å². The number of hydroxylamine groups is 1. The number of hydrogen-bond donors (Lipinski definition) is 1.